The summed E-state index contributed by atoms with van der Waals surface area (Å²) in [7, 11) is 2.15. The van der Waals surface area contributed by atoms with E-state index in [2.05, 4.69) is 57.0 Å². The second-order valence-electron chi connectivity index (χ2n) is 5.14. The first kappa shape index (κ1) is 13.2. The van der Waals surface area contributed by atoms with Crippen molar-refractivity contribution in [2.24, 2.45) is 5.73 Å². The topological polar surface area (TPSA) is 29.3 Å². The molecule has 1 aromatic carbocycles. The van der Waals surface area contributed by atoms with E-state index in [-0.39, 0.29) is 5.41 Å². The van der Waals surface area contributed by atoms with E-state index in [9.17, 15) is 0 Å². The van der Waals surface area contributed by atoms with E-state index in [4.69, 9.17) is 5.73 Å². The van der Waals surface area contributed by atoms with Crippen LogP contribution in [-0.4, -0.2) is 31.1 Å². The highest BCUT2D eigenvalue weighted by molar-refractivity contribution is 5.25. The van der Waals surface area contributed by atoms with Crippen molar-refractivity contribution in [2.75, 3.05) is 20.1 Å². The highest BCUT2D eigenvalue weighted by atomic mass is 15.1. The predicted octanol–water partition coefficient (Wildman–Crippen LogP) is 2.24. The van der Waals surface area contributed by atoms with Gasteiger partial charge >= 0.3 is 0 Å². The van der Waals surface area contributed by atoms with Crippen LogP contribution in [0.15, 0.2) is 30.3 Å². The average Bonchev–Trinajstić information content (AvgIpc) is 2.29. The van der Waals surface area contributed by atoms with Crippen LogP contribution in [0, 0.1) is 0 Å². The average molecular weight is 220 g/mol. The van der Waals surface area contributed by atoms with Crippen LogP contribution in [0.4, 0.5) is 0 Å². The molecule has 0 aromatic heterocycles. The molecule has 1 aromatic rings. The van der Waals surface area contributed by atoms with Gasteiger partial charge in [-0.25, -0.2) is 0 Å². The van der Waals surface area contributed by atoms with E-state index in [1.165, 1.54) is 5.56 Å². The number of nitrogens with two attached hydrogens (primary N) is 1. The third kappa shape index (κ3) is 3.06. The Hall–Kier alpha value is -0.860. The zero-order valence-corrected chi connectivity index (χ0v) is 10.9. The molecule has 0 heterocycles. The van der Waals surface area contributed by atoms with Gasteiger partial charge in [0.25, 0.3) is 0 Å². The molecule has 0 spiro atoms. The standard InChI is InChI=1S/C14H24N2/c1-12(2)16(4)11-14(3,10-15)13-8-6-5-7-9-13/h5-9,12H,10-11,15H2,1-4H3. The minimum atomic E-state index is 0.0419. The summed E-state index contributed by atoms with van der Waals surface area (Å²) in [6.45, 7) is 8.32. The van der Waals surface area contributed by atoms with E-state index in [1.54, 1.807) is 0 Å². The van der Waals surface area contributed by atoms with Crippen LogP contribution in [0.25, 0.3) is 0 Å². The molecule has 2 N–H and O–H groups in total. The third-order valence-corrected chi connectivity index (χ3v) is 3.40. The Kier molecular flexibility index (Phi) is 4.51. The molecule has 0 aliphatic heterocycles. The van der Waals surface area contributed by atoms with Crippen molar-refractivity contribution in [2.45, 2.75) is 32.2 Å². The van der Waals surface area contributed by atoms with Crippen molar-refractivity contribution < 1.29 is 0 Å². The van der Waals surface area contributed by atoms with Gasteiger partial charge in [-0.1, -0.05) is 37.3 Å². The smallest absolute Gasteiger partial charge is 0.0174 e. The van der Waals surface area contributed by atoms with Gasteiger partial charge in [-0.2, -0.15) is 0 Å². The fourth-order valence-electron chi connectivity index (χ4n) is 1.85. The summed E-state index contributed by atoms with van der Waals surface area (Å²) in [6, 6.07) is 11.1. The zero-order chi connectivity index (χ0) is 12.2. The Morgan fingerprint density at radius 3 is 2.25 bits per heavy atom. The number of hydrogen-bond acceptors (Lipinski definition) is 2. The molecular weight excluding hydrogens is 196 g/mol. The minimum absolute atomic E-state index is 0.0419. The fourth-order valence-corrected chi connectivity index (χ4v) is 1.85. The van der Waals surface area contributed by atoms with E-state index in [0.717, 1.165) is 6.54 Å². The van der Waals surface area contributed by atoms with Crippen LogP contribution >= 0.6 is 0 Å². The summed E-state index contributed by atoms with van der Waals surface area (Å²) in [5.41, 5.74) is 7.33. The van der Waals surface area contributed by atoms with Crippen LogP contribution < -0.4 is 5.73 Å². The van der Waals surface area contributed by atoms with Crippen LogP contribution in [0.5, 0.6) is 0 Å². The number of hydrogen-bond donors (Lipinski definition) is 1. The predicted molar refractivity (Wildman–Crippen MR) is 70.6 cm³/mol. The molecule has 1 rings (SSSR count). The van der Waals surface area contributed by atoms with E-state index >= 15 is 0 Å². The molecule has 0 saturated carbocycles. The summed E-state index contributed by atoms with van der Waals surface area (Å²) in [5, 5.41) is 0. The van der Waals surface area contributed by atoms with Crippen molar-refractivity contribution in [1.82, 2.24) is 4.90 Å². The zero-order valence-electron chi connectivity index (χ0n) is 10.9. The molecule has 90 valence electrons. The molecule has 0 fully saturated rings. The molecule has 0 aliphatic rings. The Labute approximate surface area is 99.5 Å². The number of likely N-dealkylation sites (N-methyl/N-ethyl adjacent to an activating group) is 1. The maximum Gasteiger partial charge on any atom is 0.0174 e. The lowest BCUT2D eigenvalue weighted by Gasteiger charge is -2.35. The lowest BCUT2D eigenvalue weighted by atomic mass is 9.82. The van der Waals surface area contributed by atoms with Gasteiger partial charge in [0.1, 0.15) is 0 Å². The second kappa shape index (κ2) is 5.46. The number of benzene rings is 1. The Balaban J connectivity index is 2.86. The first-order chi connectivity index (χ1) is 7.49. The molecule has 0 bridgehead atoms. The van der Waals surface area contributed by atoms with Gasteiger partial charge in [0.05, 0.1) is 0 Å². The second-order valence-corrected chi connectivity index (χ2v) is 5.14. The molecule has 1 atom stereocenters. The quantitative estimate of drug-likeness (QED) is 0.824. The van der Waals surface area contributed by atoms with Crippen molar-refractivity contribution in [3.63, 3.8) is 0 Å². The fraction of sp³-hybridized carbons (Fsp3) is 0.571. The highest BCUT2D eigenvalue weighted by Gasteiger charge is 2.27. The van der Waals surface area contributed by atoms with Gasteiger partial charge < -0.3 is 10.6 Å². The Morgan fingerprint density at radius 2 is 1.81 bits per heavy atom. The van der Waals surface area contributed by atoms with Crippen LogP contribution in [0.3, 0.4) is 0 Å². The van der Waals surface area contributed by atoms with Crippen molar-refractivity contribution in [3.8, 4) is 0 Å². The molecule has 2 nitrogen and oxygen atoms in total. The monoisotopic (exact) mass is 220 g/mol. The summed E-state index contributed by atoms with van der Waals surface area (Å²) in [5.74, 6) is 0. The normalized spacial score (nSPS) is 15.4. The summed E-state index contributed by atoms with van der Waals surface area (Å²) >= 11 is 0. The van der Waals surface area contributed by atoms with E-state index in [1.807, 2.05) is 6.07 Å². The van der Waals surface area contributed by atoms with Crippen molar-refractivity contribution in [1.29, 1.82) is 0 Å². The lowest BCUT2D eigenvalue weighted by molar-refractivity contribution is 0.217. The number of nitrogens with zero attached hydrogens (tertiary/aromatic N) is 1. The van der Waals surface area contributed by atoms with Gasteiger partial charge in [-0.15, -0.1) is 0 Å². The minimum Gasteiger partial charge on any atom is -0.330 e. The first-order valence-electron chi connectivity index (χ1n) is 5.95. The SMILES string of the molecule is CC(C)N(C)CC(C)(CN)c1ccccc1. The van der Waals surface area contributed by atoms with Crippen molar-refractivity contribution >= 4 is 0 Å². The maximum absolute atomic E-state index is 5.96. The van der Waals surface area contributed by atoms with Gasteiger partial charge in [-0.05, 0) is 26.5 Å². The van der Waals surface area contributed by atoms with Crippen LogP contribution in [0.1, 0.15) is 26.3 Å². The first-order valence-corrected chi connectivity index (χ1v) is 5.95. The highest BCUT2D eigenvalue weighted by Crippen LogP contribution is 2.23. The van der Waals surface area contributed by atoms with Gasteiger partial charge in [0, 0.05) is 24.5 Å². The molecule has 1 unspecified atom stereocenters. The molecule has 0 saturated heterocycles. The molecule has 0 radical (unpaired) electrons. The third-order valence-electron chi connectivity index (χ3n) is 3.40. The Bertz CT molecular complexity index is 308. The van der Waals surface area contributed by atoms with Crippen LogP contribution in [-0.2, 0) is 5.41 Å². The van der Waals surface area contributed by atoms with Gasteiger partial charge in [0.15, 0.2) is 0 Å². The number of rotatable bonds is 5. The largest absolute Gasteiger partial charge is 0.330 e. The molecular formula is C14H24N2. The van der Waals surface area contributed by atoms with E-state index in [0.29, 0.717) is 12.6 Å². The summed E-state index contributed by atoms with van der Waals surface area (Å²) in [4.78, 5) is 2.35. The van der Waals surface area contributed by atoms with Crippen molar-refractivity contribution in [3.05, 3.63) is 35.9 Å². The Morgan fingerprint density at radius 1 is 1.25 bits per heavy atom. The summed E-state index contributed by atoms with van der Waals surface area (Å²) in [6.07, 6.45) is 0. The van der Waals surface area contributed by atoms with Gasteiger partial charge in [0.2, 0.25) is 0 Å². The maximum atomic E-state index is 5.96. The lowest BCUT2D eigenvalue weighted by Crippen LogP contribution is -2.44. The molecule has 0 amide bonds. The molecule has 2 heteroatoms. The van der Waals surface area contributed by atoms with E-state index < -0.39 is 0 Å². The summed E-state index contributed by atoms with van der Waals surface area (Å²) < 4.78 is 0. The van der Waals surface area contributed by atoms with Crippen LogP contribution in [0.2, 0.25) is 0 Å². The molecule has 0 aliphatic carbocycles. The molecule has 16 heavy (non-hydrogen) atoms. The van der Waals surface area contributed by atoms with Gasteiger partial charge in [-0.3, -0.25) is 0 Å².